The van der Waals surface area contributed by atoms with Crippen LogP contribution in [0.5, 0.6) is 11.8 Å². The molecule has 100 valence electrons. The number of halogens is 1. The van der Waals surface area contributed by atoms with Crippen molar-refractivity contribution in [3.8, 4) is 11.8 Å². The minimum absolute atomic E-state index is 0.0385. The number of alkyl halides is 1. The molecular formula is C11H10BrN3O4. The average molecular weight is 328 g/mol. The molecule has 0 bridgehead atoms. The van der Waals surface area contributed by atoms with Crippen molar-refractivity contribution in [2.75, 3.05) is 14.2 Å². The van der Waals surface area contributed by atoms with Gasteiger partial charge in [0.25, 0.3) is 17.4 Å². The summed E-state index contributed by atoms with van der Waals surface area (Å²) < 4.78 is 10.1. The third-order valence-corrected chi connectivity index (χ3v) is 3.12. The molecule has 2 aromatic rings. The molecule has 0 amide bonds. The van der Waals surface area contributed by atoms with Gasteiger partial charge in [-0.15, -0.1) is 0 Å². The molecule has 2 rings (SSSR count). The molecule has 0 aliphatic carbocycles. The quantitative estimate of drug-likeness (QED) is 0.487. The third kappa shape index (κ3) is 2.43. The van der Waals surface area contributed by atoms with Gasteiger partial charge < -0.3 is 9.47 Å². The van der Waals surface area contributed by atoms with E-state index in [9.17, 15) is 10.1 Å². The molecule has 1 heterocycles. The van der Waals surface area contributed by atoms with E-state index in [0.29, 0.717) is 21.9 Å². The molecule has 0 unspecified atom stereocenters. The van der Waals surface area contributed by atoms with Gasteiger partial charge in [0.1, 0.15) is 5.52 Å². The maximum absolute atomic E-state index is 10.9. The van der Waals surface area contributed by atoms with Crippen LogP contribution in [0.4, 0.5) is 5.69 Å². The predicted octanol–water partition coefficient (Wildman–Crippen LogP) is 2.45. The highest BCUT2D eigenvalue weighted by molar-refractivity contribution is 9.08. The number of ether oxygens (including phenoxy) is 2. The molecule has 0 spiro atoms. The summed E-state index contributed by atoms with van der Waals surface area (Å²) in [6.45, 7) is 0. The second kappa shape index (κ2) is 5.35. The lowest BCUT2D eigenvalue weighted by Gasteiger charge is -2.08. The lowest BCUT2D eigenvalue weighted by Crippen LogP contribution is -2.00. The second-order valence-electron chi connectivity index (χ2n) is 3.61. The number of aromatic nitrogens is 2. The molecule has 0 saturated carbocycles. The number of rotatable bonds is 4. The number of methoxy groups -OCH3 is 2. The van der Waals surface area contributed by atoms with Crippen molar-refractivity contribution in [1.82, 2.24) is 9.97 Å². The maximum Gasteiger partial charge on any atom is 0.278 e. The highest BCUT2D eigenvalue weighted by Gasteiger charge is 2.17. The van der Waals surface area contributed by atoms with Gasteiger partial charge >= 0.3 is 0 Å². The van der Waals surface area contributed by atoms with Gasteiger partial charge in [-0.1, -0.05) is 15.9 Å². The first kappa shape index (κ1) is 13.5. The minimum Gasteiger partial charge on any atom is -0.477 e. The summed E-state index contributed by atoms with van der Waals surface area (Å²) in [5.41, 5.74) is 1.56. The Morgan fingerprint density at radius 1 is 1.26 bits per heavy atom. The molecule has 1 aromatic heterocycles. The van der Waals surface area contributed by atoms with E-state index in [-0.39, 0.29) is 17.4 Å². The summed E-state index contributed by atoms with van der Waals surface area (Å²) in [6, 6.07) is 2.81. The number of hydrogen-bond donors (Lipinski definition) is 0. The van der Waals surface area contributed by atoms with Gasteiger partial charge in [-0.25, -0.2) is 9.97 Å². The van der Waals surface area contributed by atoms with Gasteiger partial charge in [-0.05, 0) is 5.56 Å². The number of nitro benzene ring substituents is 1. The van der Waals surface area contributed by atoms with Crippen LogP contribution < -0.4 is 9.47 Å². The van der Waals surface area contributed by atoms with Crippen LogP contribution in [0.25, 0.3) is 11.0 Å². The molecule has 1 aromatic carbocycles. The van der Waals surface area contributed by atoms with Crippen molar-refractivity contribution in [3.63, 3.8) is 0 Å². The van der Waals surface area contributed by atoms with E-state index in [1.807, 2.05) is 0 Å². The Hall–Kier alpha value is -1.96. The zero-order valence-corrected chi connectivity index (χ0v) is 11.8. The van der Waals surface area contributed by atoms with E-state index < -0.39 is 4.92 Å². The molecule has 0 atom stereocenters. The van der Waals surface area contributed by atoms with Crippen molar-refractivity contribution in [2.24, 2.45) is 0 Å². The van der Waals surface area contributed by atoms with Crippen LogP contribution in [0.2, 0.25) is 0 Å². The smallest absolute Gasteiger partial charge is 0.278 e. The first-order chi connectivity index (χ1) is 9.10. The highest BCUT2D eigenvalue weighted by Crippen LogP contribution is 2.30. The monoisotopic (exact) mass is 327 g/mol. The topological polar surface area (TPSA) is 87.4 Å². The Morgan fingerprint density at radius 2 is 1.89 bits per heavy atom. The van der Waals surface area contributed by atoms with Crippen LogP contribution in [0.1, 0.15) is 5.56 Å². The van der Waals surface area contributed by atoms with E-state index >= 15 is 0 Å². The van der Waals surface area contributed by atoms with Crippen molar-refractivity contribution in [1.29, 1.82) is 0 Å². The van der Waals surface area contributed by atoms with Crippen LogP contribution >= 0.6 is 15.9 Å². The Kier molecular flexibility index (Phi) is 3.79. The summed E-state index contributed by atoms with van der Waals surface area (Å²) in [6.07, 6.45) is 0. The molecule has 7 nitrogen and oxygen atoms in total. The number of benzene rings is 1. The van der Waals surface area contributed by atoms with E-state index in [1.54, 1.807) is 0 Å². The standard InChI is InChI=1S/C11H10BrN3O4/c1-18-10-11(19-2)14-9-6(5-12)3-7(15(16)17)4-8(9)13-10/h3-4H,5H2,1-2H3. The number of hydrogen-bond acceptors (Lipinski definition) is 6. The molecule has 0 radical (unpaired) electrons. The lowest BCUT2D eigenvalue weighted by molar-refractivity contribution is -0.384. The maximum atomic E-state index is 10.9. The first-order valence-electron chi connectivity index (χ1n) is 5.23. The van der Waals surface area contributed by atoms with Gasteiger partial charge in [0, 0.05) is 17.5 Å². The fourth-order valence-electron chi connectivity index (χ4n) is 1.66. The SMILES string of the molecule is COc1nc2cc([N+](=O)[O-])cc(CBr)c2nc1OC. The Bertz CT molecular complexity index is 647. The van der Waals surface area contributed by atoms with Crippen LogP contribution in [0, 0.1) is 10.1 Å². The lowest BCUT2D eigenvalue weighted by atomic mass is 10.1. The van der Waals surface area contributed by atoms with Gasteiger partial charge in [-0.2, -0.15) is 0 Å². The summed E-state index contributed by atoms with van der Waals surface area (Å²) in [7, 11) is 2.89. The van der Waals surface area contributed by atoms with E-state index in [2.05, 4.69) is 25.9 Å². The van der Waals surface area contributed by atoms with Gasteiger partial charge in [0.05, 0.1) is 24.7 Å². The summed E-state index contributed by atoms with van der Waals surface area (Å²) in [4.78, 5) is 18.9. The van der Waals surface area contributed by atoms with Gasteiger partial charge in [0.15, 0.2) is 0 Å². The molecule has 0 fully saturated rings. The second-order valence-corrected chi connectivity index (χ2v) is 4.17. The van der Waals surface area contributed by atoms with Gasteiger partial charge in [-0.3, -0.25) is 10.1 Å². The van der Waals surface area contributed by atoms with Gasteiger partial charge in [0.2, 0.25) is 0 Å². The zero-order valence-electron chi connectivity index (χ0n) is 10.2. The number of nitrogens with zero attached hydrogens (tertiary/aromatic N) is 3. The Morgan fingerprint density at radius 3 is 2.42 bits per heavy atom. The highest BCUT2D eigenvalue weighted by atomic mass is 79.9. The molecule has 0 aliphatic heterocycles. The van der Waals surface area contributed by atoms with Crippen molar-refractivity contribution < 1.29 is 14.4 Å². The Balaban J connectivity index is 2.78. The largest absolute Gasteiger partial charge is 0.477 e. The zero-order chi connectivity index (χ0) is 14.0. The molecule has 0 saturated heterocycles. The molecule has 19 heavy (non-hydrogen) atoms. The van der Waals surface area contributed by atoms with Crippen LogP contribution in [-0.4, -0.2) is 29.1 Å². The molecule has 0 N–H and O–H groups in total. The molecular weight excluding hydrogens is 318 g/mol. The fraction of sp³-hybridized carbons (Fsp3) is 0.273. The van der Waals surface area contributed by atoms with Crippen molar-refractivity contribution in [2.45, 2.75) is 5.33 Å². The average Bonchev–Trinajstić information content (AvgIpc) is 2.44. The van der Waals surface area contributed by atoms with E-state index in [1.165, 1.54) is 26.4 Å². The van der Waals surface area contributed by atoms with Crippen LogP contribution in [0.15, 0.2) is 12.1 Å². The molecule has 8 heteroatoms. The van der Waals surface area contributed by atoms with E-state index in [4.69, 9.17) is 9.47 Å². The summed E-state index contributed by atoms with van der Waals surface area (Å²) >= 11 is 3.28. The summed E-state index contributed by atoms with van der Waals surface area (Å²) in [5, 5.41) is 11.3. The minimum atomic E-state index is -0.468. The van der Waals surface area contributed by atoms with E-state index in [0.717, 1.165) is 0 Å². The predicted molar refractivity (Wildman–Crippen MR) is 71.9 cm³/mol. The normalized spacial score (nSPS) is 10.5. The van der Waals surface area contributed by atoms with Crippen molar-refractivity contribution in [3.05, 3.63) is 27.8 Å². The number of nitro groups is 1. The Labute approximate surface area is 116 Å². The van der Waals surface area contributed by atoms with Crippen LogP contribution in [0.3, 0.4) is 0 Å². The summed E-state index contributed by atoms with van der Waals surface area (Å²) in [5.74, 6) is 0.432. The fourth-order valence-corrected chi connectivity index (χ4v) is 2.08. The van der Waals surface area contributed by atoms with Crippen LogP contribution in [-0.2, 0) is 5.33 Å². The third-order valence-electron chi connectivity index (χ3n) is 2.51. The molecule has 0 aliphatic rings. The van der Waals surface area contributed by atoms with Crippen molar-refractivity contribution >= 4 is 32.7 Å². The first-order valence-corrected chi connectivity index (χ1v) is 6.35. The number of fused-ring (bicyclic) bond motifs is 1. The number of non-ortho nitro benzene ring substituents is 1.